The van der Waals surface area contributed by atoms with E-state index in [1.165, 1.54) is 49.1 Å². The molecule has 0 radical (unpaired) electrons. The second-order valence-corrected chi connectivity index (χ2v) is 8.82. The van der Waals surface area contributed by atoms with E-state index in [1.807, 2.05) is 18.5 Å². The third-order valence-electron chi connectivity index (χ3n) is 6.73. The lowest BCUT2D eigenvalue weighted by atomic mass is 9.75. The van der Waals surface area contributed by atoms with Gasteiger partial charge in [0.15, 0.2) is 6.54 Å². The molecule has 2 heterocycles. The van der Waals surface area contributed by atoms with Crippen LogP contribution in [0.4, 0.5) is 5.69 Å². The van der Waals surface area contributed by atoms with E-state index in [0.717, 1.165) is 41.1 Å². The van der Waals surface area contributed by atoms with Crippen molar-refractivity contribution in [1.82, 2.24) is 9.78 Å². The van der Waals surface area contributed by atoms with Gasteiger partial charge in [0.2, 0.25) is 0 Å². The summed E-state index contributed by atoms with van der Waals surface area (Å²) in [7, 11) is 0. The van der Waals surface area contributed by atoms with Crippen LogP contribution in [0.3, 0.4) is 0 Å². The van der Waals surface area contributed by atoms with Gasteiger partial charge in [-0.15, -0.1) is 0 Å². The van der Waals surface area contributed by atoms with Crippen LogP contribution in [0.2, 0.25) is 0 Å². The van der Waals surface area contributed by atoms with Crippen molar-refractivity contribution in [2.45, 2.75) is 52.9 Å². The first-order valence-electron chi connectivity index (χ1n) is 10.8. The van der Waals surface area contributed by atoms with Crippen molar-refractivity contribution < 1.29 is 9.69 Å². The van der Waals surface area contributed by atoms with Gasteiger partial charge in [-0.1, -0.05) is 30.5 Å². The van der Waals surface area contributed by atoms with Crippen LogP contribution in [0.15, 0.2) is 24.3 Å². The molecule has 1 aliphatic heterocycles. The number of nitrogens with one attached hydrogen (secondary N) is 2. The minimum atomic E-state index is 0.110. The average Bonchev–Trinajstić information content (AvgIpc) is 2.97. The molecule has 0 spiro atoms. The number of rotatable bonds is 4. The summed E-state index contributed by atoms with van der Waals surface area (Å²) in [5.74, 6) is 1.86. The van der Waals surface area contributed by atoms with Crippen LogP contribution in [-0.2, 0) is 4.79 Å². The number of piperidine rings is 1. The Kier molecular flexibility index (Phi) is 5.54. The van der Waals surface area contributed by atoms with Crippen molar-refractivity contribution in [3.05, 3.63) is 41.2 Å². The predicted molar refractivity (Wildman–Crippen MR) is 112 cm³/mol. The minimum absolute atomic E-state index is 0.110. The number of nitrogens with zero attached hydrogens (tertiary/aromatic N) is 2. The number of carbonyl (C=O) groups is 1. The first kappa shape index (κ1) is 19.2. The number of anilines is 1. The number of hydrogen-bond donors (Lipinski definition) is 2. The van der Waals surface area contributed by atoms with E-state index >= 15 is 0 Å². The maximum absolute atomic E-state index is 12.8. The summed E-state index contributed by atoms with van der Waals surface area (Å²) in [4.78, 5) is 14.2. The molecule has 3 atom stereocenters. The Morgan fingerprint density at radius 1 is 1.11 bits per heavy atom. The molecule has 0 bridgehead atoms. The van der Waals surface area contributed by atoms with Crippen LogP contribution in [0.5, 0.6) is 0 Å². The van der Waals surface area contributed by atoms with Crippen LogP contribution in [0, 0.1) is 32.6 Å². The van der Waals surface area contributed by atoms with E-state index in [2.05, 4.69) is 41.6 Å². The van der Waals surface area contributed by atoms with Gasteiger partial charge in [-0.25, -0.2) is 4.68 Å². The van der Waals surface area contributed by atoms with Gasteiger partial charge in [-0.2, -0.15) is 5.10 Å². The van der Waals surface area contributed by atoms with Crippen molar-refractivity contribution in [2.75, 3.05) is 25.0 Å². The highest BCUT2D eigenvalue weighted by atomic mass is 16.2. The monoisotopic (exact) mass is 381 g/mol. The van der Waals surface area contributed by atoms with E-state index in [4.69, 9.17) is 0 Å². The zero-order valence-electron chi connectivity index (χ0n) is 17.4. The second kappa shape index (κ2) is 8.08. The highest BCUT2D eigenvalue weighted by molar-refractivity contribution is 5.92. The Labute approximate surface area is 168 Å². The summed E-state index contributed by atoms with van der Waals surface area (Å²) < 4.78 is 1.92. The Bertz CT molecular complexity index is 839. The van der Waals surface area contributed by atoms with Gasteiger partial charge >= 0.3 is 0 Å². The molecule has 1 unspecified atom stereocenters. The Morgan fingerprint density at radius 3 is 2.57 bits per heavy atom. The van der Waals surface area contributed by atoms with Crippen molar-refractivity contribution in [1.29, 1.82) is 0 Å². The van der Waals surface area contributed by atoms with Crippen molar-refractivity contribution in [2.24, 2.45) is 11.8 Å². The largest absolute Gasteiger partial charge is 0.327 e. The molecule has 5 nitrogen and oxygen atoms in total. The SMILES string of the molecule is Cc1ccc(-n2nc(C)c(NC(=O)C[NH+]3CC[C@H]4CCCC[C@@H]4C3)c2C)cc1. The topological polar surface area (TPSA) is 51.4 Å². The number of aryl methyl sites for hydroxylation is 2. The summed E-state index contributed by atoms with van der Waals surface area (Å²) in [6.07, 6.45) is 6.83. The van der Waals surface area contributed by atoms with Gasteiger partial charge in [0.1, 0.15) is 0 Å². The van der Waals surface area contributed by atoms with Gasteiger partial charge in [-0.05, 0) is 58.1 Å². The van der Waals surface area contributed by atoms with Crippen LogP contribution in [0.1, 0.15) is 49.1 Å². The molecule has 2 aliphatic rings. The lowest BCUT2D eigenvalue weighted by Gasteiger charge is -2.38. The quantitative estimate of drug-likeness (QED) is 0.856. The molecule has 1 aromatic carbocycles. The maximum Gasteiger partial charge on any atom is 0.279 e. The highest BCUT2D eigenvalue weighted by Gasteiger charge is 2.34. The van der Waals surface area contributed by atoms with E-state index in [1.54, 1.807) is 0 Å². The third-order valence-corrected chi connectivity index (χ3v) is 6.73. The van der Waals surface area contributed by atoms with Crippen molar-refractivity contribution >= 4 is 11.6 Å². The number of carbonyl (C=O) groups excluding carboxylic acids is 1. The first-order valence-corrected chi connectivity index (χ1v) is 10.8. The zero-order valence-corrected chi connectivity index (χ0v) is 17.4. The van der Waals surface area contributed by atoms with E-state index in [0.29, 0.717) is 6.54 Å². The summed E-state index contributed by atoms with van der Waals surface area (Å²) >= 11 is 0. The lowest BCUT2D eigenvalue weighted by molar-refractivity contribution is -0.902. The molecule has 1 saturated heterocycles. The smallest absolute Gasteiger partial charge is 0.279 e. The fourth-order valence-electron chi connectivity index (χ4n) is 5.13. The fourth-order valence-corrected chi connectivity index (χ4v) is 5.13. The molecule has 2 aromatic rings. The minimum Gasteiger partial charge on any atom is -0.327 e. The molecular formula is C23H33N4O+. The van der Waals surface area contributed by atoms with Gasteiger partial charge in [0, 0.05) is 5.92 Å². The van der Waals surface area contributed by atoms with Gasteiger partial charge in [0.25, 0.3) is 5.91 Å². The molecule has 1 aromatic heterocycles. The number of likely N-dealkylation sites (tertiary alicyclic amines) is 1. The molecule has 5 heteroatoms. The molecule has 150 valence electrons. The number of fused-ring (bicyclic) bond motifs is 1. The summed E-state index contributed by atoms with van der Waals surface area (Å²) in [6.45, 7) is 8.93. The van der Waals surface area contributed by atoms with Crippen LogP contribution in [-0.4, -0.2) is 35.3 Å². The average molecular weight is 382 g/mol. The summed E-state index contributed by atoms with van der Waals surface area (Å²) in [6, 6.07) is 8.31. The number of amides is 1. The Morgan fingerprint density at radius 2 is 1.82 bits per heavy atom. The first-order chi connectivity index (χ1) is 13.5. The third kappa shape index (κ3) is 4.00. The van der Waals surface area contributed by atoms with Gasteiger partial charge in [-0.3, -0.25) is 4.79 Å². The van der Waals surface area contributed by atoms with E-state index in [-0.39, 0.29) is 5.91 Å². The normalized spacial score (nSPS) is 24.6. The predicted octanol–water partition coefficient (Wildman–Crippen LogP) is 2.83. The summed E-state index contributed by atoms with van der Waals surface area (Å²) in [5.41, 5.74) is 4.96. The lowest BCUT2D eigenvalue weighted by Crippen LogP contribution is -3.15. The number of hydrogen-bond acceptors (Lipinski definition) is 2. The summed E-state index contributed by atoms with van der Waals surface area (Å²) in [5, 5.41) is 7.82. The van der Waals surface area contributed by atoms with Gasteiger partial charge in [0.05, 0.1) is 35.9 Å². The molecule has 28 heavy (non-hydrogen) atoms. The number of benzene rings is 1. The second-order valence-electron chi connectivity index (χ2n) is 8.82. The molecule has 2 fully saturated rings. The van der Waals surface area contributed by atoms with Gasteiger partial charge < -0.3 is 10.2 Å². The molecule has 4 rings (SSSR count). The molecular weight excluding hydrogens is 348 g/mol. The van der Waals surface area contributed by atoms with Crippen molar-refractivity contribution in [3.8, 4) is 5.69 Å². The fraction of sp³-hybridized carbons (Fsp3) is 0.565. The van der Waals surface area contributed by atoms with Crippen LogP contribution >= 0.6 is 0 Å². The molecule has 1 amide bonds. The highest BCUT2D eigenvalue weighted by Crippen LogP contribution is 2.32. The van der Waals surface area contributed by atoms with E-state index in [9.17, 15) is 4.79 Å². The number of quaternary nitrogens is 1. The van der Waals surface area contributed by atoms with Crippen molar-refractivity contribution in [3.63, 3.8) is 0 Å². The zero-order chi connectivity index (χ0) is 19.7. The Hall–Kier alpha value is -2.14. The van der Waals surface area contributed by atoms with Crippen LogP contribution in [0.25, 0.3) is 5.69 Å². The molecule has 2 N–H and O–H groups in total. The Balaban J connectivity index is 1.41. The maximum atomic E-state index is 12.8. The molecule has 1 saturated carbocycles. The molecule has 1 aliphatic carbocycles. The standard InChI is InChI=1S/C23H32N4O/c1-16-8-10-21(11-9-16)27-18(3)23(17(2)25-27)24-22(28)15-26-13-12-19-6-4-5-7-20(19)14-26/h8-11,19-20H,4-7,12-15H2,1-3H3,(H,24,28)/p+1/t19-,20-/m1/s1. The number of aromatic nitrogens is 2. The van der Waals surface area contributed by atoms with E-state index < -0.39 is 0 Å². The van der Waals surface area contributed by atoms with Crippen LogP contribution < -0.4 is 10.2 Å².